The molecule has 0 bridgehead atoms. The maximum Gasteiger partial charge on any atom is 0.315 e. The number of hydrogen-bond donors (Lipinski definition) is 2. The van der Waals surface area contributed by atoms with Gasteiger partial charge in [0.1, 0.15) is 0 Å². The second kappa shape index (κ2) is 7.68. The minimum atomic E-state index is -0.0232. The van der Waals surface area contributed by atoms with E-state index in [0.717, 1.165) is 45.2 Å². The zero-order chi connectivity index (χ0) is 16.1. The summed E-state index contributed by atoms with van der Waals surface area (Å²) in [4.78, 5) is 14.5. The standard InChI is InChI=1S/C18H27N3O2/c1-23-17-8-7-15(13-17)20-18(22)19-14-9-11-21(12-10-14)16-5-3-2-4-6-16/h2-6,14-15,17H,7-13H2,1H3,(H2,19,20,22)/t15-,17+/m0/s1. The van der Waals surface area contributed by atoms with Crippen LogP contribution < -0.4 is 15.5 Å². The monoisotopic (exact) mass is 317 g/mol. The van der Waals surface area contributed by atoms with Gasteiger partial charge in [-0.15, -0.1) is 0 Å². The number of rotatable bonds is 4. The van der Waals surface area contributed by atoms with Gasteiger partial charge in [-0.25, -0.2) is 4.79 Å². The normalized spacial score (nSPS) is 25.3. The molecule has 1 saturated carbocycles. The summed E-state index contributed by atoms with van der Waals surface area (Å²) < 4.78 is 5.35. The van der Waals surface area contributed by atoms with Gasteiger partial charge in [-0.2, -0.15) is 0 Å². The van der Waals surface area contributed by atoms with Gasteiger partial charge in [0.25, 0.3) is 0 Å². The Morgan fingerprint density at radius 3 is 2.39 bits per heavy atom. The number of carbonyl (C=O) groups excluding carboxylic acids is 1. The minimum absolute atomic E-state index is 0.0232. The minimum Gasteiger partial charge on any atom is -0.381 e. The summed E-state index contributed by atoms with van der Waals surface area (Å²) in [6.07, 6.45) is 5.27. The number of urea groups is 1. The van der Waals surface area contributed by atoms with Crippen molar-refractivity contribution in [3.63, 3.8) is 0 Å². The zero-order valence-electron chi connectivity index (χ0n) is 13.8. The van der Waals surface area contributed by atoms with Crippen molar-refractivity contribution in [3.05, 3.63) is 30.3 Å². The van der Waals surface area contributed by atoms with Crippen molar-refractivity contribution in [3.8, 4) is 0 Å². The molecular weight excluding hydrogens is 290 g/mol. The number of anilines is 1. The van der Waals surface area contributed by atoms with Gasteiger partial charge < -0.3 is 20.3 Å². The molecule has 2 amide bonds. The molecule has 2 aliphatic rings. The Balaban J connectivity index is 1.39. The molecule has 2 fully saturated rings. The third-order valence-corrected chi connectivity index (χ3v) is 5.00. The second-order valence-corrected chi connectivity index (χ2v) is 6.58. The fraction of sp³-hybridized carbons (Fsp3) is 0.611. The Morgan fingerprint density at radius 1 is 1.04 bits per heavy atom. The average molecular weight is 317 g/mol. The molecule has 1 heterocycles. The summed E-state index contributed by atoms with van der Waals surface area (Å²) >= 11 is 0. The number of hydrogen-bond acceptors (Lipinski definition) is 3. The molecule has 0 unspecified atom stereocenters. The van der Waals surface area contributed by atoms with Gasteiger partial charge in [0.15, 0.2) is 0 Å². The van der Waals surface area contributed by atoms with Gasteiger partial charge in [0, 0.05) is 38.0 Å². The quantitative estimate of drug-likeness (QED) is 0.897. The Labute approximate surface area is 138 Å². The van der Waals surface area contributed by atoms with Gasteiger partial charge in [0.2, 0.25) is 0 Å². The van der Waals surface area contributed by atoms with Gasteiger partial charge in [0.05, 0.1) is 6.10 Å². The Morgan fingerprint density at radius 2 is 1.74 bits per heavy atom. The van der Waals surface area contributed by atoms with Crippen LogP contribution in [-0.4, -0.2) is 44.4 Å². The van der Waals surface area contributed by atoms with Crippen molar-refractivity contribution < 1.29 is 9.53 Å². The third kappa shape index (κ3) is 4.38. The van der Waals surface area contributed by atoms with Crippen molar-refractivity contribution in [2.45, 2.75) is 50.3 Å². The molecule has 1 aromatic carbocycles. The van der Waals surface area contributed by atoms with Crippen LogP contribution >= 0.6 is 0 Å². The molecule has 1 saturated heterocycles. The number of benzene rings is 1. The van der Waals surface area contributed by atoms with Gasteiger partial charge >= 0.3 is 6.03 Å². The highest BCUT2D eigenvalue weighted by molar-refractivity contribution is 5.74. The van der Waals surface area contributed by atoms with Crippen LogP contribution in [0.15, 0.2) is 30.3 Å². The number of nitrogens with zero attached hydrogens (tertiary/aromatic N) is 1. The second-order valence-electron chi connectivity index (χ2n) is 6.58. The van der Waals surface area contributed by atoms with Crippen molar-refractivity contribution in [2.24, 2.45) is 0 Å². The molecule has 0 radical (unpaired) electrons. The van der Waals surface area contributed by atoms with Gasteiger partial charge in [-0.05, 0) is 44.2 Å². The SMILES string of the molecule is CO[C@@H]1CC[C@H](NC(=O)NC2CCN(c3ccccc3)CC2)C1. The van der Waals surface area contributed by atoms with E-state index in [0.29, 0.717) is 6.10 Å². The van der Waals surface area contributed by atoms with E-state index in [1.807, 2.05) is 6.07 Å². The smallest absolute Gasteiger partial charge is 0.315 e. The molecule has 5 nitrogen and oxygen atoms in total. The first kappa shape index (κ1) is 16.1. The van der Waals surface area contributed by atoms with E-state index in [2.05, 4.69) is 39.8 Å². The van der Waals surface area contributed by atoms with Crippen LogP contribution in [0.25, 0.3) is 0 Å². The lowest BCUT2D eigenvalue weighted by Gasteiger charge is -2.34. The molecule has 0 spiro atoms. The van der Waals surface area contributed by atoms with Crippen LogP contribution in [0, 0.1) is 0 Å². The number of amides is 2. The number of carbonyl (C=O) groups is 1. The first-order valence-corrected chi connectivity index (χ1v) is 8.64. The summed E-state index contributed by atoms with van der Waals surface area (Å²) in [7, 11) is 1.74. The lowest BCUT2D eigenvalue weighted by molar-refractivity contribution is 0.107. The Hall–Kier alpha value is -1.75. The summed E-state index contributed by atoms with van der Waals surface area (Å²) in [5.41, 5.74) is 1.27. The van der Waals surface area contributed by atoms with E-state index in [9.17, 15) is 4.79 Å². The molecule has 3 rings (SSSR count). The van der Waals surface area contributed by atoms with E-state index in [-0.39, 0.29) is 18.1 Å². The van der Waals surface area contributed by atoms with E-state index < -0.39 is 0 Å². The Bertz CT molecular complexity index is 500. The van der Waals surface area contributed by atoms with E-state index in [1.54, 1.807) is 7.11 Å². The van der Waals surface area contributed by atoms with Crippen LogP contribution in [0.3, 0.4) is 0 Å². The first-order valence-electron chi connectivity index (χ1n) is 8.64. The molecule has 23 heavy (non-hydrogen) atoms. The largest absolute Gasteiger partial charge is 0.381 e. The zero-order valence-corrected chi connectivity index (χ0v) is 13.8. The van der Waals surface area contributed by atoms with Crippen LogP contribution in [0.4, 0.5) is 10.5 Å². The fourth-order valence-electron chi connectivity index (χ4n) is 3.62. The number of ether oxygens (including phenoxy) is 1. The van der Waals surface area contributed by atoms with Crippen molar-refractivity contribution >= 4 is 11.7 Å². The van der Waals surface area contributed by atoms with Crippen LogP contribution in [0.1, 0.15) is 32.1 Å². The first-order chi connectivity index (χ1) is 11.2. The molecule has 2 N–H and O–H groups in total. The highest BCUT2D eigenvalue weighted by atomic mass is 16.5. The van der Waals surface area contributed by atoms with Gasteiger partial charge in [-0.1, -0.05) is 18.2 Å². The topological polar surface area (TPSA) is 53.6 Å². The molecule has 0 aromatic heterocycles. The summed E-state index contributed by atoms with van der Waals surface area (Å²) in [6.45, 7) is 1.98. The summed E-state index contributed by atoms with van der Waals surface area (Å²) in [5, 5.41) is 6.22. The van der Waals surface area contributed by atoms with Crippen molar-refractivity contribution in [1.29, 1.82) is 0 Å². The summed E-state index contributed by atoms with van der Waals surface area (Å²) in [5.74, 6) is 0. The van der Waals surface area contributed by atoms with E-state index >= 15 is 0 Å². The number of piperidine rings is 1. The van der Waals surface area contributed by atoms with E-state index in [1.165, 1.54) is 5.69 Å². The number of nitrogens with one attached hydrogen (secondary N) is 2. The molecule has 1 aliphatic carbocycles. The Kier molecular flexibility index (Phi) is 5.39. The average Bonchev–Trinajstić information content (AvgIpc) is 3.04. The number of methoxy groups -OCH3 is 1. The molecule has 126 valence electrons. The third-order valence-electron chi connectivity index (χ3n) is 5.00. The molecule has 2 atom stereocenters. The predicted molar refractivity (Wildman–Crippen MR) is 91.8 cm³/mol. The molecule has 1 aromatic rings. The number of para-hydroxylation sites is 1. The predicted octanol–water partition coefficient (Wildman–Crippen LogP) is 2.52. The lowest BCUT2D eigenvalue weighted by Crippen LogP contribution is -2.49. The summed E-state index contributed by atoms with van der Waals surface area (Å²) in [6, 6.07) is 11.0. The lowest BCUT2D eigenvalue weighted by atomic mass is 10.0. The maximum absolute atomic E-state index is 12.1. The maximum atomic E-state index is 12.1. The van der Waals surface area contributed by atoms with Crippen LogP contribution in [0.5, 0.6) is 0 Å². The highest BCUT2D eigenvalue weighted by Crippen LogP contribution is 2.22. The van der Waals surface area contributed by atoms with Crippen LogP contribution in [0.2, 0.25) is 0 Å². The van der Waals surface area contributed by atoms with Crippen molar-refractivity contribution in [2.75, 3.05) is 25.1 Å². The van der Waals surface area contributed by atoms with Gasteiger partial charge in [-0.3, -0.25) is 0 Å². The van der Waals surface area contributed by atoms with Crippen molar-refractivity contribution in [1.82, 2.24) is 10.6 Å². The molecule has 1 aliphatic heterocycles. The highest BCUT2D eigenvalue weighted by Gasteiger charge is 2.27. The molecule has 5 heteroatoms. The fourth-order valence-corrected chi connectivity index (χ4v) is 3.62. The molecular formula is C18H27N3O2. The van der Waals surface area contributed by atoms with E-state index in [4.69, 9.17) is 4.74 Å². The van der Waals surface area contributed by atoms with Crippen LogP contribution in [-0.2, 0) is 4.74 Å².